The van der Waals surface area contributed by atoms with E-state index in [1.54, 1.807) is 7.05 Å². The van der Waals surface area contributed by atoms with Crippen molar-refractivity contribution < 1.29 is 23.9 Å². The summed E-state index contributed by atoms with van der Waals surface area (Å²) in [4.78, 5) is 52.4. The lowest BCUT2D eigenvalue weighted by Crippen LogP contribution is -2.31. The predicted octanol–water partition coefficient (Wildman–Crippen LogP) is 3.21. The van der Waals surface area contributed by atoms with Crippen LogP contribution < -0.4 is 0 Å². The van der Waals surface area contributed by atoms with Crippen LogP contribution in [0.5, 0.6) is 0 Å². The van der Waals surface area contributed by atoms with Gasteiger partial charge in [0, 0.05) is 20.1 Å². The molecule has 0 saturated carbocycles. The molecule has 0 saturated heterocycles. The molecule has 0 radical (unpaired) electrons. The Morgan fingerprint density at radius 1 is 1.03 bits per heavy atom. The highest BCUT2D eigenvalue weighted by molar-refractivity contribution is 6.22. The Bertz CT molecular complexity index is 1030. The number of carbonyl (C=O) groups is 4. The van der Waals surface area contributed by atoms with Crippen molar-refractivity contribution in [1.29, 1.82) is 0 Å². The molecule has 1 aliphatic rings. The van der Waals surface area contributed by atoms with E-state index >= 15 is 0 Å². The summed E-state index contributed by atoms with van der Waals surface area (Å²) >= 11 is 0. The molecule has 0 N–H and O–H groups in total. The van der Waals surface area contributed by atoms with Gasteiger partial charge < -0.3 is 9.64 Å². The van der Waals surface area contributed by atoms with Crippen LogP contribution in [0, 0.1) is 6.92 Å². The van der Waals surface area contributed by atoms with E-state index in [0.717, 1.165) is 24.0 Å². The summed E-state index contributed by atoms with van der Waals surface area (Å²) in [6.07, 6.45) is 1.58. The van der Waals surface area contributed by atoms with Crippen molar-refractivity contribution in [2.24, 2.45) is 0 Å². The lowest BCUT2D eigenvalue weighted by atomic mass is 10.1. The largest absolute Gasteiger partial charge is 0.452 e. The monoisotopic (exact) mass is 422 g/mol. The van der Waals surface area contributed by atoms with Crippen molar-refractivity contribution in [2.75, 3.05) is 20.2 Å². The average Bonchev–Trinajstić information content (AvgIpc) is 3.01. The van der Waals surface area contributed by atoms with Crippen molar-refractivity contribution >= 4 is 23.7 Å². The van der Waals surface area contributed by atoms with Gasteiger partial charge in [-0.15, -0.1) is 0 Å². The molecule has 7 heteroatoms. The maximum absolute atomic E-state index is 12.5. The second-order valence-corrected chi connectivity index (χ2v) is 7.63. The summed E-state index contributed by atoms with van der Waals surface area (Å²) < 4.78 is 5.15. The van der Waals surface area contributed by atoms with E-state index in [2.05, 4.69) is 0 Å². The number of carbonyl (C=O) groups excluding carboxylic acids is 4. The number of ether oxygens (including phenoxy) is 1. The van der Waals surface area contributed by atoms with Gasteiger partial charge in [-0.05, 0) is 42.7 Å². The first-order chi connectivity index (χ1) is 14.8. The number of imide groups is 1. The third-order valence-electron chi connectivity index (χ3n) is 5.36. The van der Waals surface area contributed by atoms with Crippen LogP contribution in [0.1, 0.15) is 62.0 Å². The lowest BCUT2D eigenvalue weighted by molar-refractivity contribution is -0.133. The molecule has 7 nitrogen and oxygen atoms in total. The van der Waals surface area contributed by atoms with Gasteiger partial charge in [0.1, 0.15) is 0 Å². The predicted molar refractivity (Wildman–Crippen MR) is 115 cm³/mol. The first-order valence-corrected chi connectivity index (χ1v) is 10.3. The standard InChI is InChI=1S/C24H26N2O5/c1-4-5-12-26-22(28)19-11-10-17(13-20(19)23(26)29)24(30)31-15-21(27)25(3)14-18-9-7-6-8-16(18)2/h6-11,13H,4-5,12,14-15H2,1-3H3. The molecular formula is C24H26N2O5. The molecule has 0 atom stereocenters. The highest BCUT2D eigenvalue weighted by atomic mass is 16.5. The summed E-state index contributed by atoms with van der Waals surface area (Å²) in [6.45, 7) is 4.30. The molecule has 31 heavy (non-hydrogen) atoms. The zero-order chi connectivity index (χ0) is 22.5. The molecule has 0 bridgehead atoms. The zero-order valence-corrected chi connectivity index (χ0v) is 18.0. The van der Waals surface area contributed by atoms with Gasteiger partial charge in [0.2, 0.25) is 0 Å². The summed E-state index contributed by atoms with van der Waals surface area (Å²) in [5.41, 5.74) is 2.69. The number of esters is 1. The zero-order valence-electron chi connectivity index (χ0n) is 18.0. The van der Waals surface area contributed by atoms with Gasteiger partial charge in [-0.1, -0.05) is 37.6 Å². The third-order valence-corrected chi connectivity index (χ3v) is 5.36. The number of unbranched alkanes of at least 4 members (excludes halogenated alkanes) is 1. The molecule has 3 rings (SSSR count). The van der Waals surface area contributed by atoms with Crippen LogP contribution in [0.3, 0.4) is 0 Å². The summed E-state index contributed by atoms with van der Waals surface area (Å²) in [6, 6.07) is 12.0. The van der Waals surface area contributed by atoms with Crippen LogP contribution in [0.4, 0.5) is 0 Å². The number of benzene rings is 2. The number of likely N-dealkylation sites (N-methyl/N-ethyl adjacent to an activating group) is 1. The Morgan fingerprint density at radius 3 is 2.45 bits per heavy atom. The number of hydrogen-bond acceptors (Lipinski definition) is 5. The molecule has 0 spiro atoms. The van der Waals surface area contributed by atoms with Gasteiger partial charge in [0.15, 0.2) is 6.61 Å². The van der Waals surface area contributed by atoms with E-state index in [9.17, 15) is 19.2 Å². The van der Waals surface area contributed by atoms with E-state index in [4.69, 9.17) is 4.74 Å². The highest BCUT2D eigenvalue weighted by Crippen LogP contribution is 2.24. The average molecular weight is 422 g/mol. The normalized spacial score (nSPS) is 12.7. The van der Waals surface area contributed by atoms with Crippen LogP contribution >= 0.6 is 0 Å². The van der Waals surface area contributed by atoms with E-state index in [0.29, 0.717) is 13.1 Å². The molecule has 0 aromatic heterocycles. The number of amides is 3. The first kappa shape index (κ1) is 22.2. The van der Waals surface area contributed by atoms with Crippen LogP contribution in [0.15, 0.2) is 42.5 Å². The molecule has 0 aliphatic carbocycles. The second kappa shape index (κ2) is 9.55. The lowest BCUT2D eigenvalue weighted by Gasteiger charge is -2.18. The van der Waals surface area contributed by atoms with Crippen LogP contribution in [-0.2, 0) is 16.1 Å². The van der Waals surface area contributed by atoms with E-state index in [1.807, 2.05) is 38.1 Å². The Balaban J connectivity index is 1.61. The number of rotatable bonds is 8. The molecule has 1 heterocycles. The molecule has 3 amide bonds. The van der Waals surface area contributed by atoms with Crippen molar-refractivity contribution in [2.45, 2.75) is 33.2 Å². The quantitative estimate of drug-likeness (QED) is 0.482. The maximum atomic E-state index is 12.5. The number of nitrogens with zero attached hydrogens (tertiary/aromatic N) is 2. The van der Waals surface area contributed by atoms with E-state index in [1.165, 1.54) is 28.0 Å². The Morgan fingerprint density at radius 2 is 1.74 bits per heavy atom. The molecule has 162 valence electrons. The van der Waals surface area contributed by atoms with Crippen molar-refractivity contribution in [3.05, 3.63) is 70.3 Å². The van der Waals surface area contributed by atoms with Crippen LogP contribution in [0.25, 0.3) is 0 Å². The van der Waals surface area contributed by atoms with Crippen LogP contribution in [0.2, 0.25) is 0 Å². The topological polar surface area (TPSA) is 84.0 Å². The summed E-state index contributed by atoms with van der Waals surface area (Å²) in [7, 11) is 1.65. The minimum Gasteiger partial charge on any atom is -0.452 e. The van der Waals surface area contributed by atoms with Gasteiger partial charge in [0.25, 0.3) is 17.7 Å². The van der Waals surface area contributed by atoms with E-state index in [-0.39, 0.29) is 28.5 Å². The smallest absolute Gasteiger partial charge is 0.338 e. The molecule has 2 aromatic rings. The molecule has 0 fully saturated rings. The second-order valence-electron chi connectivity index (χ2n) is 7.63. The number of fused-ring (bicyclic) bond motifs is 1. The Labute approximate surface area is 181 Å². The van der Waals surface area contributed by atoms with Gasteiger partial charge in [-0.3, -0.25) is 19.3 Å². The van der Waals surface area contributed by atoms with Gasteiger partial charge in [0.05, 0.1) is 16.7 Å². The minimum atomic E-state index is -0.715. The Hall–Kier alpha value is -3.48. The first-order valence-electron chi connectivity index (χ1n) is 10.3. The van der Waals surface area contributed by atoms with E-state index < -0.39 is 18.5 Å². The fourth-order valence-electron chi connectivity index (χ4n) is 3.39. The third kappa shape index (κ3) is 4.82. The Kier molecular flexibility index (Phi) is 6.84. The fourth-order valence-corrected chi connectivity index (χ4v) is 3.39. The van der Waals surface area contributed by atoms with Crippen LogP contribution in [-0.4, -0.2) is 53.7 Å². The van der Waals surface area contributed by atoms with Crippen molar-refractivity contribution in [3.63, 3.8) is 0 Å². The minimum absolute atomic E-state index is 0.131. The number of hydrogen-bond donors (Lipinski definition) is 0. The molecule has 2 aromatic carbocycles. The molecular weight excluding hydrogens is 396 g/mol. The summed E-state index contributed by atoms with van der Waals surface area (Å²) in [5.74, 6) is -1.80. The van der Waals surface area contributed by atoms with Gasteiger partial charge in [-0.25, -0.2) is 4.79 Å². The van der Waals surface area contributed by atoms with Gasteiger partial charge in [-0.2, -0.15) is 0 Å². The molecule has 0 unspecified atom stereocenters. The van der Waals surface area contributed by atoms with Gasteiger partial charge >= 0.3 is 5.97 Å². The fraction of sp³-hybridized carbons (Fsp3) is 0.333. The maximum Gasteiger partial charge on any atom is 0.338 e. The SMILES string of the molecule is CCCCN1C(=O)c2ccc(C(=O)OCC(=O)N(C)Cc3ccccc3C)cc2C1=O. The highest BCUT2D eigenvalue weighted by Gasteiger charge is 2.35. The molecule has 1 aliphatic heterocycles. The van der Waals surface area contributed by atoms with Crippen molar-refractivity contribution in [1.82, 2.24) is 9.80 Å². The number of aryl methyl sites for hydroxylation is 1. The van der Waals surface area contributed by atoms with Crippen molar-refractivity contribution in [3.8, 4) is 0 Å². The summed E-state index contributed by atoms with van der Waals surface area (Å²) in [5, 5.41) is 0.